The Labute approximate surface area is 175 Å². The maximum absolute atomic E-state index is 10.7. The molecule has 0 atom stereocenters. The minimum atomic E-state index is -0.933. The average molecular weight is 395 g/mol. The van der Waals surface area contributed by atoms with E-state index in [1.54, 1.807) is 13.0 Å². The van der Waals surface area contributed by atoms with E-state index in [1.807, 2.05) is 12.2 Å². The Morgan fingerprint density at radius 3 is 2.28 bits per heavy atom. The Hall–Kier alpha value is -2.55. The average Bonchev–Trinajstić information content (AvgIpc) is 2.57. The maximum atomic E-state index is 10.7. The van der Waals surface area contributed by atoms with Crippen LogP contribution in [0.1, 0.15) is 72.1 Å². The third-order valence-electron chi connectivity index (χ3n) is 5.06. The lowest BCUT2D eigenvalue weighted by Gasteiger charge is -2.31. The van der Waals surface area contributed by atoms with E-state index >= 15 is 0 Å². The van der Waals surface area contributed by atoms with E-state index in [2.05, 4.69) is 66.7 Å². The summed E-state index contributed by atoms with van der Waals surface area (Å²) in [4.78, 5) is 10.7. The number of hydrogen-bond donors (Lipinski definition) is 1. The third kappa shape index (κ3) is 5.96. The summed E-state index contributed by atoms with van der Waals surface area (Å²) in [5.41, 5.74) is 6.67. The van der Waals surface area contributed by atoms with Crippen LogP contribution in [0.3, 0.4) is 0 Å². The van der Waals surface area contributed by atoms with E-state index in [-0.39, 0.29) is 10.8 Å². The molecule has 3 heteroatoms. The van der Waals surface area contributed by atoms with Crippen LogP contribution < -0.4 is 4.74 Å². The normalized spacial score (nSPS) is 15.8. The number of fused-ring (bicyclic) bond motifs is 1. The molecule has 0 spiro atoms. The van der Waals surface area contributed by atoms with Crippen molar-refractivity contribution in [3.63, 3.8) is 0 Å². The summed E-state index contributed by atoms with van der Waals surface area (Å²) in [6.45, 7) is 17.7. The van der Waals surface area contributed by atoms with Crippen LogP contribution in [0.2, 0.25) is 0 Å². The van der Waals surface area contributed by atoms with E-state index < -0.39 is 5.97 Å². The summed E-state index contributed by atoms with van der Waals surface area (Å²) < 4.78 is 6.24. The molecule has 0 aromatic heterocycles. The number of carboxylic acid groups (broad SMARTS) is 1. The molecule has 1 aliphatic rings. The lowest BCUT2D eigenvalue weighted by atomic mass is 9.78. The molecule has 0 saturated carbocycles. The topological polar surface area (TPSA) is 46.5 Å². The summed E-state index contributed by atoms with van der Waals surface area (Å²) in [6, 6.07) is 4.53. The first-order valence-electron chi connectivity index (χ1n) is 10.1. The SMILES string of the molecule is CC(C=C/C=C(/C)C1=Cc2cc(C(C)(C)C)cc(C(C)(C)C)c2OC1)=CC(=O)O. The fourth-order valence-corrected chi connectivity index (χ4v) is 3.21. The van der Waals surface area contributed by atoms with Gasteiger partial charge in [-0.05, 0) is 59.1 Å². The van der Waals surface area contributed by atoms with Gasteiger partial charge in [0.15, 0.2) is 0 Å². The van der Waals surface area contributed by atoms with E-state index in [0.29, 0.717) is 12.2 Å². The highest BCUT2D eigenvalue weighted by Gasteiger charge is 2.27. The molecule has 0 fully saturated rings. The Balaban J connectivity index is 2.45. The van der Waals surface area contributed by atoms with Crippen LogP contribution in [0.15, 0.2) is 53.2 Å². The van der Waals surface area contributed by atoms with Gasteiger partial charge >= 0.3 is 5.97 Å². The molecule has 0 amide bonds. The first-order chi connectivity index (χ1) is 13.3. The number of ether oxygens (including phenoxy) is 1. The van der Waals surface area contributed by atoms with Gasteiger partial charge < -0.3 is 9.84 Å². The van der Waals surface area contributed by atoms with Gasteiger partial charge in [0.05, 0.1) is 0 Å². The van der Waals surface area contributed by atoms with E-state index in [4.69, 9.17) is 9.84 Å². The maximum Gasteiger partial charge on any atom is 0.328 e. The zero-order chi connectivity index (χ0) is 22.0. The van der Waals surface area contributed by atoms with E-state index in [0.717, 1.165) is 22.5 Å². The predicted molar refractivity (Wildman–Crippen MR) is 122 cm³/mol. The lowest BCUT2D eigenvalue weighted by molar-refractivity contribution is -0.131. The van der Waals surface area contributed by atoms with Crippen molar-refractivity contribution in [1.82, 2.24) is 0 Å². The molecule has 3 nitrogen and oxygen atoms in total. The molecule has 0 aliphatic carbocycles. The van der Waals surface area contributed by atoms with Crippen molar-refractivity contribution in [1.29, 1.82) is 0 Å². The largest absolute Gasteiger partial charge is 0.488 e. The number of benzene rings is 1. The summed E-state index contributed by atoms with van der Waals surface area (Å²) >= 11 is 0. The highest BCUT2D eigenvalue weighted by Crippen LogP contribution is 2.41. The van der Waals surface area contributed by atoms with Gasteiger partial charge in [0.1, 0.15) is 12.4 Å². The molecule has 1 aromatic carbocycles. The first-order valence-corrected chi connectivity index (χ1v) is 10.1. The van der Waals surface area contributed by atoms with Crippen molar-refractivity contribution in [2.75, 3.05) is 6.61 Å². The molecule has 1 aliphatic heterocycles. The molecule has 0 unspecified atom stereocenters. The van der Waals surface area contributed by atoms with Gasteiger partial charge in [0, 0.05) is 17.2 Å². The standard InChI is InChI=1S/C26H34O3/c1-17(12-23(27)28)10-9-11-18(2)20-13-19-14-21(25(3,4)5)15-22(26(6,7)8)24(19)29-16-20/h9-15H,16H2,1-8H3,(H,27,28)/b10-9?,17-12?,18-11-. The van der Waals surface area contributed by atoms with Gasteiger partial charge in [-0.3, -0.25) is 0 Å². The quantitative estimate of drug-likeness (QED) is 0.463. The number of carboxylic acids is 1. The molecular weight excluding hydrogens is 360 g/mol. The van der Waals surface area contributed by atoms with Crippen molar-refractivity contribution in [2.45, 2.75) is 66.2 Å². The lowest BCUT2D eigenvalue weighted by Crippen LogP contribution is -2.20. The van der Waals surface area contributed by atoms with Crippen molar-refractivity contribution >= 4 is 12.0 Å². The second-order valence-electron chi connectivity index (χ2n) is 9.84. The second-order valence-corrected chi connectivity index (χ2v) is 9.84. The molecule has 1 aromatic rings. The van der Waals surface area contributed by atoms with Crippen molar-refractivity contribution in [3.05, 3.63) is 69.8 Å². The minimum absolute atomic E-state index is 0.00168. The number of rotatable bonds is 4. The third-order valence-corrected chi connectivity index (χ3v) is 5.06. The Bertz CT molecular complexity index is 910. The molecule has 1 N–H and O–H groups in total. The van der Waals surface area contributed by atoms with Gasteiger partial charge in [-0.1, -0.05) is 65.8 Å². The van der Waals surface area contributed by atoms with Gasteiger partial charge in [-0.15, -0.1) is 0 Å². The van der Waals surface area contributed by atoms with Crippen molar-refractivity contribution in [2.24, 2.45) is 0 Å². The van der Waals surface area contributed by atoms with Crippen LogP contribution in [0, 0.1) is 0 Å². The number of aliphatic carboxylic acids is 1. The van der Waals surface area contributed by atoms with Gasteiger partial charge in [-0.25, -0.2) is 4.79 Å². The molecule has 0 bridgehead atoms. The molecular formula is C26H34O3. The van der Waals surface area contributed by atoms with Crippen molar-refractivity contribution < 1.29 is 14.6 Å². The summed E-state index contributed by atoms with van der Waals surface area (Å²) in [5.74, 6) is 0.0509. The first kappa shape index (κ1) is 22.7. The van der Waals surface area contributed by atoms with Gasteiger partial charge in [-0.2, -0.15) is 0 Å². The second kappa shape index (κ2) is 8.44. The van der Waals surface area contributed by atoms with Crippen LogP contribution in [0.4, 0.5) is 0 Å². The summed E-state index contributed by atoms with van der Waals surface area (Å²) in [7, 11) is 0. The zero-order valence-electron chi connectivity index (χ0n) is 19.0. The summed E-state index contributed by atoms with van der Waals surface area (Å²) in [6.07, 6.45) is 9.10. The number of hydrogen-bond acceptors (Lipinski definition) is 2. The summed E-state index contributed by atoms with van der Waals surface area (Å²) in [5, 5.41) is 8.80. The Morgan fingerprint density at radius 2 is 1.72 bits per heavy atom. The monoisotopic (exact) mass is 394 g/mol. The number of carbonyl (C=O) groups is 1. The molecule has 156 valence electrons. The smallest absolute Gasteiger partial charge is 0.328 e. The van der Waals surface area contributed by atoms with Crippen LogP contribution >= 0.6 is 0 Å². The van der Waals surface area contributed by atoms with Gasteiger partial charge in [0.2, 0.25) is 0 Å². The number of allylic oxidation sites excluding steroid dienone is 4. The zero-order valence-corrected chi connectivity index (χ0v) is 19.0. The van der Waals surface area contributed by atoms with Crippen LogP contribution in [0.25, 0.3) is 6.08 Å². The molecule has 0 saturated heterocycles. The van der Waals surface area contributed by atoms with Crippen LogP contribution in [0.5, 0.6) is 5.75 Å². The molecule has 29 heavy (non-hydrogen) atoms. The van der Waals surface area contributed by atoms with E-state index in [9.17, 15) is 4.79 Å². The predicted octanol–water partition coefficient (Wildman–Crippen LogP) is 6.59. The highest BCUT2D eigenvalue weighted by atomic mass is 16.5. The fourth-order valence-electron chi connectivity index (χ4n) is 3.21. The molecule has 0 radical (unpaired) electrons. The Morgan fingerprint density at radius 1 is 1.07 bits per heavy atom. The minimum Gasteiger partial charge on any atom is -0.488 e. The molecule has 1 heterocycles. The van der Waals surface area contributed by atoms with Crippen molar-refractivity contribution in [3.8, 4) is 5.75 Å². The van der Waals surface area contributed by atoms with Crippen LogP contribution in [-0.4, -0.2) is 17.7 Å². The Kier molecular flexibility index (Phi) is 6.62. The molecule has 2 rings (SSSR count). The van der Waals surface area contributed by atoms with E-state index in [1.165, 1.54) is 17.2 Å². The fraction of sp³-hybridized carbons (Fsp3) is 0.423. The highest BCUT2D eigenvalue weighted by molar-refractivity contribution is 5.81. The van der Waals surface area contributed by atoms with Gasteiger partial charge in [0.25, 0.3) is 0 Å². The van der Waals surface area contributed by atoms with Crippen LogP contribution in [-0.2, 0) is 15.6 Å².